The summed E-state index contributed by atoms with van der Waals surface area (Å²) in [4.78, 5) is 24.9. The Hall–Kier alpha value is -2.88. The Labute approximate surface area is 159 Å². The number of halogens is 2. The summed E-state index contributed by atoms with van der Waals surface area (Å²) in [6.07, 6.45) is 7.59. The highest BCUT2D eigenvalue weighted by atomic mass is 19.3. The number of nitrogens with zero attached hydrogens (tertiary/aromatic N) is 5. The van der Waals surface area contributed by atoms with E-state index in [1.165, 1.54) is 0 Å². The van der Waals surface area contributed by atoms with Gasteiger partial charge in [0.05, 0.1) is 17.6 Å². The van der Waals surface area contributed by atoms with E-state index in [4.69, 9.17) is 5.73 Å². The lowest BCUT2D eigenvalue weighted by molar-refractivity contribution is 0.0996. The molecule has 10 heteroatoms. The van der Waals surface area contributed by atoms with Gasteiger partial charge in [0.2, 0.25) is 5.95 Å². The Morgan fingerprint density at radius 2 is 2.04 bits per heavy atom. The molecule has 28 heavy (non-hydrogen) atoms. The van der Waals surface area contributed by atoms with Crippen LogP contribution in [0.2, 0.25) is 0 Å². The quantitative estimate of drug-likeness (QED) is 0.672. The van der Waals surface area contributed by atoms with Crippen LogP contribution in [-0.2, 0) is 0 Å². The summed E-state index contributed by atoms with van der Waals surface area (Å²) in [5.41, 5.74) is 7.01. The molecular weight excluding hydrogens is 368 g/mol. The van der Waals surface area contributed by atoms with Crippen molar-refractivity contribution in [3.63, 3.8) is 0 Å². The topological polar surface area (TPSA) is 104 Å². The van der Waals surface area contributed by atoms with E-state index in [0.717, 1.165) is 25.7 Å². The number of alkyl halides is 2. The SMILES string of the molecule is NC(=O)c1nc(-n2ccnc2)nc2ccn(C3CCC(NCC(F)F)CC3)c12. The molecule has 0 aliphatic heterocycles. The van der Waals surface area contributed by atoms with Gasteiger partial charge >= 0.3 is 0 Å². The fourth-order valence-corrected chi connectivity index (χ4v) is 3.84. The zero-order valence-corrected chi connectivity index (χ0v) is 15.1. The van der Waals surface area contributed by atoms with E-state index in [-0.39, 0.29) is 24.3 Å². The van der Waals surface area contributed by atoms with Gasteiger partial charge in [0.1, 0.15) is 6.33 Å². The van der Waals surface area contributed by atoms with Crippen LogP contribution in [0.15, 0.2) is 31.0 Å². The second kappa shape index (κ2) is 7.63. The number of nitrogens with two attached hydrogens (primary N) is 1. The molecule has 0 unspecified atom stereocenters. The van der Waals surface area contributed by atoms with Crippen molar-refractivity contribution in [1.82, 2.24) is 29.4 Å². The second-order valence-electron chi connectivity index (χ2n) is 6.97. The minimum absolute atomic E-state index is 0.0896. The zero-order chi connectivity index (χ0) is 19.7. The summed E-state index contributed by atoms with van der Waals surface area (Å²) in [5, 5.41) is 2.91. The molecule has 3 aromatic heterocycles. The minimum atomic E-state index is -2.34. The van der Waals surface area contributed by atoms with E-state index in [1.54, 1.807) is 23.3 Å². The van der Waals surface area contributed by atoms with E-state index in [0.29, 0.717) is 17.0 Å². The van der Waals surface area contributed by atoms with Crippen molar-refractivity contribution in [3.8, 4) is 5.95 Å². The van der Waals surface area contributed by atoms with Crippen LogP contribution in [0.5, 0.6) is 0 Å². The number of nitrogens with one attached hydrogen (secondary N) is 1. The van der Waals surface area contributed by atoms with E-state index < -0.39 is 12.3 Å². The summed E-state index contributed by atoms with van der Waals surface area (Å²) in [6.45, 7) is -0.279. The molecule has 1 saturated carbocycles. The van der Waals surface area contributed by atoms with Crippen molar-refractivity contribution in [1.29, 1.82) is 0 Å². The van der Waals surface area contributed by atoms with Gasteiger partial charge in [0.15, 0.2) is 5.69 Å². The van der Waals surface area contributed by atoms with Crippen molar-refractivity contribution >= 4 is 16.9 Å². The van der Waals surface area contributed by atoms with Gasteiger partial charge in [-0.1, -0.05) is 0 Å². The third kappa shape index (κ3) is 3.59. The fraction of sp³-hybridized carbons (Fsp3) is 0.444. The number of hydrogen-bond acceptors (Lipinski definition) is 5. The summed E-state index contributed by atoms with van der Waals surface area (Å²) < 4.78 is 28.4. The molecule has 148 valence electrons. The maximum absolute atomic E-state index is 12.4. The Kier molecular flexibility index (Phi) is 5.03. The molecule has 3 N–H and O–H groups in total. The van der Waals surface area contributed by atoms with Crippen LogP contribution in [0.25, 0.3) is 17.0 Å². The highest BCUT2D eigenvalue weighted by Crippen LogP contribution is 2.32. The first-order valence-electron chi connectivity index (χ1n) is 9.21. The maximum Gasteiger partial charge on any atom is 0.269 e. The Morgan fingerprint density at radius 3 is 2.68 bits per heavy atom. The first kappa shape index (κ1) is 18.5. The van der Waals surface area contributed by atoms with Crippen molar-refractivity contribution in [3.05, 3.63) is 36.7 Å². The molecule has 0 bridgehead atoms. The lowest BCUT2D eigenvalue weighted by Crippen LogP contribution is -2.36. The predicted octanol–water partition coefficient (Wildman–Crippen LogP) is 2.05. The summed E-state index contributed by atoms with van der Waals surface area (Å²) in [5.74, 6) is -0.294. The van der Waals surface area contributed by atoms with Gasteiger partial charge in [0, 0.05) is 30.7 Å². The number of imidazole rings is 1. The number of amides is 1. The molecule has 3 heterocycles. The maximum atomic E-state index is 12.4. The first-order chi connectivity index (χ1) is 13.5. The number of fused-ring (bicyclic) bond motifs is 1. The molecule has 1 aliphatic rings. The molecule has 3 aromatic rings. The lowest BCUT2D eigenvalue weighted by Gasteiger charge is -2.30. The van der Waals surface area contributed by atoms with Crippen LogP contribution in [0, 0.1) is 0 Å². The van der Waals surface area contributed by atoms with Gasteiger partial charge in [0.25, 0.3) is 12.3 Å². The number of hydrogen-bond donors (Lipinski definition) is 2. The second-order valence-corrected chi connectivity index (χ2v) is 6.97. The van der Waals surface area contributed by atoms with E-state index in [9.17, 15) is 13.6 Å². The smallest absolute Gasteiger partial charge is 0.269 e. The van der Waals surface area contributed by atoms with E-state index in [2.05, 4.69) is 20.3 Å². The molecule has 0 spiro atoms. The van der Waals surface area contributed by atoms with E-state index >= 15 is 0 Å². The number of carbonyl (C=O) groups excluding carboxylic acids is 1. The van der Waals surface area contributed by atoms with Gasteiger partial charge in [-0.05, 0) is 31.7 Å². The van der Waals surface area contributed by atoms with Gasteiger partial charge < -0.3 is 15.6 Å². The van der Waals surface area contributed by atoms with Crippen molar-refractivity contribution < 1.29 is 13.6 Å². The minimum Gasteiger partial charge on any atom is -0.364 e. The van der Waals surface area contributed by atoms with Gasteiger partial charge in [-0.15, -0.1) is 0 Å². The number of carbonyl (C=O) groups is 1. The van der Waals surface area contributed by atoms with Crippen LogP contribution < -0.4 is 11.1 Å². The monoisotopic (exact) mass is 389 g/mol. The molecule has 0 atom stereocenters. The van der Waals surface area contributed by atoms with Crippen molar-refractivity contribution in [2.24, 2.45) is 5.73 Å². The largest absolute Gasteiger partial charge is 0.364 e. The van der Waals surface area contributed by atoms with Crippen molar-refractivity contribution in [2.75, 3.05) is 6.54 Å². The predicted molar refractivity (Wildman–Crippen MR) is 98.5 cm³/mol. The van der Waals surface area contributed by atoms with Gasteiger partial charge in [-0.25, -0.2) is 23.7 Å². The summed E-state index contributed by atoms with van der Waals surface area (Å²) >= 11 is 0. The Morgan fingerprint density at radius 1 is 1.25 bits per heavy atom. The van der Waals surface area contributed by atoms with Crippen LogP contribution in [0.1, 0.15) is 42.2 Å². The van der Waals surface area contributed by atoms with Crippen LogP contribution in [0.3, 0.4) is 0 Å². The molecule has 1 fully saturated rings. The van der Waals surface area contributed by atoms with Crippen LogP contribution in [-0.4, -0.2) is 49.0 Å². The van der Waals surface area contributed by atoms with Crippen LogP contribution in [0.4, 0.5) is 8.78 Å². The molecule has 0 saturated heterocycles. The first-order valence-corrected chi connectivity index (χ1v) is 9.21. The molecule has 8 nitrogen and oxygen atoms in total. The normalized spacial score (nSPS) is 20.1. The summed E-state index contributed by atoms with van der Waals surface area (Å²) in [6, 6.07) is 2.07. The Bertz CT molecular complexity index is 962. The lowest BCUT2D eigenvalue weighted by atomic mass is 9.91. The van der Waals surface area contributed by atoms with E-state index in [1.807, 2.05) is 16.8 Å². The molecular formula is C18H21F2N7O. The third-order valence-corrected chi connectivity index (χ3v) is 5.17. The number of primary amides is 1. The zero-order valence-electron chi connectivity index (χ0n) is 15.1. The molecule has 1 aliphatic carbocycles. The summed E-state index contributed by atoms with van der Waals surface area (Å²) in [7, 11) is 0. The average molecular weight is 389 g/mol. The standard InChI is InChI=1S/C18H21F2N7O/c19-14(20)9-23-11-1-3-12(4-2-11)27-7-5-13-16(27)15(17(21)28)25-18(24-13)26-8-6-22-10-26/h5-8,10-12,14,23H,1-4,9H2,(H2,21,28). The number of aromatic nitrogens is 5. The molecule has 4 rings (SSSR count). The number of rotatable bonds is 6. The molecule has 0 aromatic carbocycles. The van der Waals surface area contributed by atoms with Crippen molar-refractivity contribution in [2.45, 2.75) is 44.2 Å². The Balaban J connectivity index is 1.61. The fourth-order valence-electron chi connectivity index (χ4n) is 3.84. The average Bonchev–Trinajstić information content (AvgIpc) is 3.35. The van der Waals surface area contributed by atoms with Crippen LogP contribution >= 0.6 is 0 Å². The highest BCUT2D eigenvalue weighted by Gasteiger charge is 2.26. The van der Waals surface area contributed by atoms with Gasteiger partial charge in [-0.2, -0.15) is 0 Å². The highest BCUT2D eigenvalue weighted by molar-refractivity contribution is 6.02. The molecule has 0 radical (unpaired) electrons. The molecule has 1 amide bonds. The third-order valence-electron chi connectivity index (χ3n) is 5.17. The van der Waals surface area contributed by atoms with Gasteiger partial charge in [-0.3, -0.25) is 9.36 Å².